The van der Waals surface area contributed by atoms with E-state index in [4.69, 9.17) is 0 Å². The highest BCUT2D eigenvalue weighted by Crippen LogP contribution is 2.24. The zero-order valence-corrected chi connectivity index (χ0v) is 16.5. The number of hydrogen-bond donors (Lipinski definition) is 2. The zero-order chi connectivity index (χ0) is 21.3. The van der Waals surface area contributed by atoms with Crippen molar-refractivity contribution in [3.8, 4) is 0 Å². The van der Waals surface area contributed by atoms with Crippen molar-refractivity contribution in [3.63, 3.8) is 0 Å². The van der Waals surface area contributed by atoms with Gasteiger partial charge in [0.25, 0.3) is 17.4 Å². The van der Waals surface area contributed by atoms with E-state index < -0.39 is 23.2 Å². The van der Waals surface area contributed by atoms with Gasteiger partial charge in [-0.25, -0.2) is 13.8 Å². The summed E-state index contributed by atoms with van der Waals surface area (Å²) in [4.78, 5) is 43.1. The molecule has 30 heavy (non-hydrogen) atoms. The molecule has 4 aromatic rings. The minimum absolute atomic E-state index is 0.0166. The second-order valence-corrected chi connectivity index (χ2v) is 7.39. The van der Waals surface area contributed by atoms with Crippen LogP contribution in [0.15, 0.2) is 65.5 Å². The molecule has 0 radical (unpaired) electrons. The molecule has 9 heteroatoms. The molecule has 0 saturated heterocycles. The molecule has 2 heterocycles. The third kappa shape index (κ3) is 3.83. The van der Waals surface area contributed by atoms with Gasteiger partial charge < -0.3 is 10.6 Å². The number of benzene rings is 2. The van der Waals surface area contributed by atoms with Crippen molar-refractivity contribution in [2.45, 2.75) is 6.92 Å². The largest absolute Gasteiger partial charge is 0.321 e. The molecule has 0 spiro atoms. The number of aromatic nitrogens is 2. The van der Waals surface area contributed by atoms with Crippen molar-refractivity contribution in [1.29, 1.82) is 0 Å². The molecule has 0 aliphatic heterocycles. The van der Waals surface area contributed by atoms with Gasteiger partial charge in [0.15, 0.2) is 4.96 Å². The predicted molar refractivity (Wildman–Crippen MR) is 113 cm³/mol. The highest BCUT2D eigenvalue weighted by Gasteiger charge is 2.26. The summed E-state index contributed by atoms with van der Waals surface area (Å²) in [7, 11) is 0. The molecule has 0 aliphatic rings. The van der Waals surface area contributed by atoms with Crippen LogP contribution in [0, 0.1) is 12.7 Å². The van der Waals surface area contributed by atoms with E-state index in [1.807, 2.05) is 0 Å². The maximum absolute atomic E-state index is 13.1. The van der Waals surface area contributed by atoms with Crippen LogP contribution in [0.25, 0.3) is 4.96 Å². The third-order valence-corrected chi connectivity index (χ3v) is 5.24. The van der Waals surface area contributed by atoms with Crippen molar-refractivity contribution in [3.05, 3.63) is 93.1 Å². The van der Waals surface area contributed by atoms with Crippen molar-refractivity contribution in [1.82, 2.24) is 9.38 Å². The van der Waals surface area contributed by atoms with Gasteiger partial charge in [-0.1, -0.05) is 29.5 Å². The first kappa shape index (κ1) is 19.5. The fourth-order valence-electron chi connectivity index (χ4n) is 2.88. The number of rotatable bonds is 4. The number of para-hydroxylation sites is 1. The zero-order valence-electron chi connectivity index (χ0n) is 15.7. The summed E-state index contributed by atoms with van der Waals surface area (Å²) in [5.41, 5.74) is 0.759. The first-order valence-electron chi connectivity index (χ1n) is 8.89. The predicted octanol–water partition coefficient (Wildman–Crippen LogP) is 3.71. The first-order valence-corrected chi connectivity index (χ1v) is 9.70. The van der Waals surface area contributed by atoms with E-state index in [-0.39, 0.29) is 15.5 Å². The molecule has 7 nitrogen and oxygen atoms in total. The molecule has 4 rings (SSSR count). The van der Waals surface area contributed by atoms with E-state index in [0.29, 0.717) is 17.1 Å². The smallest absolute Gasteiger partial charge is 0.274 e. The van der Waals surface area contributed by atoms with Crippen LogP contribution in [0.2, 0.25) is 0 Å². The molecule has 0 unspecified atom stereocenters. The normalized spacial score (nSPS) is 10.7. The molecule has 2 aromatic carbocycles. The summed E-state index contributed by atoms with van der Waals surface area (Å²) in [5, 5.41) is 5.32. The Balaban J connectivity index is 1.79. The SMILES string of the molecule is Cc1cc(=O)n2c(C(=O)Nc3ccccc3)c(C(=O)Nc3ccc(F)cc3)sc2n1. The molecule has 0 bridgehead atoms. The van der Waals surface area contributed by atoms with Crippen molar-refractivity contribution < 1.29 is 14.0 Å². The minimum atomic E-state index is -0.621. The number of hydrogen-bond acceptors (Lipinski definition) is 5. The van der Waals surface area contributed by atoms with Gasteiger partial charge in [0.1, 0.15) is 16.4 Å². The topological polar surface area (TPSA) is 92.6 Å². The highest BCUT2D eigenvalue weighted by molar-refractivity contribution is 7.19. The Kier molecular flexibility index (Phi) is 5.11. The van der Waals surface area contributed by atoms with Gasteiger partial charge in [-0.2, -0.15) is 0 Å². The fourth-order valence-corrected chi connectivity index (χ4v) is 3.95. The van der Waals surface area contributed by atoms with Crippen LogP contribution in [0.1, 0.15) is 25.9 Å². The van der Waals surface area contributed by atoms with Gasteiger partial charge in [-0.05, 0) is 43.3 Å². The molecular formula is C21H15FN4O3S. The molecule has 0 atom stereocenters. The number of halogens is 1. The van der Waals surface area contributed by atoms with Gasteiger partial charge in [0.2, 0.25) is 0 Å². The van der Waals surface area contributed by atoms with Gasteiger partial charge in [0, 0.05) is 23.1 Å². The minimum Gasteiger partial charge on any atom is -0.321 e. The lowest BCUT2D eigenvalue weighted by atomic mass is 10.2. The lowest BCUT2D eigenvalue weighted by Gasteiger charge is -2.08. The molecule has 2 N–H and O–H groups in total. The molecule has 2 amide bonds. The number of aryl methyl sites for hydroxylation is 1. The summed E-state index contributed by atoms with van der Waals surface area (Å²) < 4.78 is 14.3. The monoisotopic (exact) mass is 422 g/mol. The van der Waals surface area contributed by atoms with Crippen LogP contribution in [-0.2, 0) is 0 Å². The third-order valence-electron chi connectivity index (χ3n) is 4.20. The van der Waals surface area contributed by atoms with Crippen molar-refractivity contribution >= 4 is 39.5 Å². The average molecular weight is 422 g/mol. The summed E-state index contributed by atoms with van der Waals surface area (Å²) in [5.74, 6) is -1.67. The number of thiazole rings is 1. The van der Waals surface area contributed by atoms with E-state index >= 15 is 0 Å². The molecule has 2 aromatic heterocycles. The van der Waals surface area contributed by atoms with Crippen LogP contribution in [0.5, 0.6) is 0 Å². The lowest BCUT2D eigenvalue weighted by molar-refractivity contribution is 0.0989. The van der Waals surface area contributed by atoms with E-state index in [1.165, 1.54) is 30.3 Å². The maximum atomic E-state index is 13.1. The quantitative estimate of drug-likeness (QED) is 0.524. The standard InChI is InChI=1S/C21H15FN4O3S/c1-12-11-16(27)26-17(19(28)24-14-5-3-2-4-6-14)18(30-21(26)23-12)20(29)25-15-9-7-13(22)8-10-15/h2-11H,1H3,(H,24,28)(H,25,29). The van der Waals surface area contributed by atoms with Gasteiger partial charge in [0.05, 0.1) is 0 Å². The number of anilines is 2. The summed E-state index contributed by atoms with van der Waals surface area (Å²) in [6.07, 6.45) is 0. The van der Waals surface area contributed by atoms with Crippen LogP contribution in [0.4, 0.5) is 15.8 Å². The van der Waals surface area contributed by atoms with Crippen LogP contribution < -0.4 is 16.2 Å². The Labute approximate surface area is 173 Å². The Bertz CT molecular complexity index is 1310. The van der Waals surface area contributed by atoms with E-state index in [2.05, 4.69) is 15.6 Å². The van der Waals surface area contributed by atoms with E-state index in [1.54, 1.807) is 37.3 Å². The number of fused-ring (bicyclic) bond motifs is 1. The average Bonchev–Trinajstić information content (AvgIpc) is 3.10. The first-order chi connectivity index (χ1) is 14.4. The fraction of sp³-hybridized carbons (Fsp3) is 0.0476. The number of nitrogens with one attached hydrogen (secondary N) is 2. The number of carbonyl (C=O) groups excluding carboxylic acids is 2. The Morgan fingerprint density at radius 1 is 0.967 bits per heavy atom. The van der Waals surface area contributed by atoms with Crippen LogP contribution in [-0.4, -0.2) is 21.2 Å². The van der Waals surface area contributed by atoms with E-state index in [9.17, 15) is 18.8 Å². The molecule has 150 valence electrons. The number of amides is 2. The summed E-state index contributed by atoms with van der Waals surface area (Å²) in [6.45, 7) is 1.66. The highest BCUT2D eigenvalue weighted by atomic mass is 32.1. The van der Waals surface area contributed by atoms with E-state index in [0.717, 1.165) is 15.7 Å². The molecule has 0 aliphatic carbocycles. The Morgan fingerprint density at radius 2 is 1.60 bits per heavy atom. The second kappa shape index (κ2) is 7.88. The van der Waals surface area contributed by atoms with Gasteiger partial charge >= 0.3 is 0 Å². The van der Waals surface area contributed by atoms with Crippen molar-refractivity contribution in [2.75, 3.05) is 10.6 Å². The Morgan fingerprint density at radius 3 is 2.30 bits per heavy atom. The van der Waals surface area contributed by atoms with Crippen LogP contribution in [0.3, 0.4) is 0 Å². The number of carbonyl (C=O) groups is 2. The lowest BCUT2D eigenvalue weighted by Crippen LogP contribution is -2.25. The van der Waals surface area contributed by atoms with Gasteiger partial charge in [-0.15, -0.1) is 0 Å². The second-order valence-electron chi connectivity index (χ2n) is 6.41. The summed E-state index contributed by atoms with van der Waals surface area (Å²) >= 11 is 0.927. The molecule has 0 fully saturated rings. The van der Waals surface area contributed by atoms with Gasteiger partial charge in [-0.3, -0.25) is 14.4 Å². The molecular weight excluding hydrogens is 407 g/mol. The van der Waals surface area contributed by atoms with Crippen LogP contribution >= 0.6 is 11.3 Å². The van der Waals surface area contributed by atoms with Crippen molar-refractivity contribution in [2.24, 2.45) is 0 Å². The summed E-state index contributed by atoms with van der Waals surface area (Å²) in [6, 6.07) is 15.2. The molecule has 0 saturated carbocycles. The number of nitrogens with zero attached hydrogens (tertiary/aromatic N) is 2. The maximum Gasteiger partial charge on any atom is 0.274 e. The Hall–Kier alpha value is -3.85.